The van der Waals surface area contributed by atoms with Crippen LogP contribution in [0.1, 0.15) is 11.3 Å². The summed E-state index contributed by atoms with van der Waals surface area (Å²) in [6.07, 6.45) is 0.362. The maximum Gasteiger partial charge on any atom is 0.413 e. The first kappa shape index (κ1) is 13.8. The van der Waals surface area contributed by atoms with Crippen molar-refractivity contribution in [2.24, 2.45) is 0 Å². The molecule has 0 saturated carbocycles. The molecule has 0 atom stereocenters. The van der Waals surface area contributed by atoms with Crippen LogP contribution in [0, 0.1) is 6.92 Å². The summed E-state index contributed by atoms with van der Waals surface area (Å²) in [6, 6.07) is 3.41. The summed E-state index contributed by atoms with van der Waals surface area (Å²) in [7, 11) is 0. The van der Waals surface area contributed by atoms with E-state index in [9.17, 15) is 9.90 Å². The summed E-state index contributed by atoms with van der Waals surface area (Å²) in [5.41, 5.74) is 1.60. The van der Waals surface area contributed by atoms with Gasteiger partial charge in [-0.15, -0.1) is 11.3 Å². The van der Waals surface area contributed by atoms with Gasteiger partial charge in [0.2, 0.25) is 5.28 Å². The third kappa shape index (κ3) is 2.57. The predicted molar refractivity (Wildman–Crippen MR) is 80.1 cm³/mol. The van der Waals surface area contributed by atoms with Crippen molar-refractivity contribution in [1.29, 1.82) is 0 Å². The number of carbonyl (C=O) groups is 1. The molecule has 6 nitrogen and oxygen atoms in total. The Kier molecular flexibility index (Phi) is 3.52. The average Bonchev–Trinajstić information content (AvgIpc) is 3.06. The summed E-state index contributed by atoms with van der Waals surface area (Å²) in [4.78, 5) is 20.9. The average molecular weight is 324 g/mol. The van der Waals surface area contributed by atoms with Crippen LogP contribution in [0.2, 0.25) is 5.28 Å². The van der Waals surface area contributed by atoms with E-state index in [1.54, 1.807) is 12.1 Å². The summed E-state index contributed by atoms with van der Waals surface area (Å²) in [5.74, 6) is 0.792. The van der Waals surface area contributed by atoms with Gasteiger partial charge in [-0.05, 0) is 41.6 Å². The number of aryl methyl sites for hydroxylation is 1. The van der Waals surface area contributed by atoms with Crippen LogP contribution in [0.4, 0.5) is 10.6 Å². The largest absolute Gasteiger partial charge is 0.467 e. The van der Waals surface area contributed by atoms with Crippen molar-refractivity contribution in [3.05, 3.63) is 40.4 Å². The zero-order valence-electron chi connectivity index (χ0n) is 10.9. The third-order valence-electron chi connectivity index (χ3n) is 2.93. The van der Waals surface area contributed by atoms with Gasteiger partial charge in [0, 0.05) is 0 Å². The second-order valence-corrected chi connectivity index (χ2v) is 5.58. The Morgan fingerprint density at radius 1 is 1.52 bits per heavy atom. The Balaban J connectivity index is 2.13. The molecule has 0 aliphatic rings. The molecule has 0 bridgehead atoms. The van der Waals surface area contributed by atoms with Crippen molar-refractivity contribution in [3.8, 4) is 0 Å². The van der Waals surface area contributed by atoms with Gasteiger partial charge in [-0.2, -0.15) is 4.98 Å². The zero-order chi connectivity index (χ0) is 15.0. The first-order valence-electron chi connectivity index (χ1n) is 6.00. The number of furan rings is 1. The first-order valence-corrected chi connectivity index (χ1v) is 7.26. The van der Waals surface area contributed by atoms with Gasteiger partial charge in [-0.3, -0.25) is 4.90 Å². The van der Waals surface area contributed by atoms with E-state index in [1.165, 1.54) is 17.6 Å². The summed E-state index contributed by atoms with van der Waals surface area (Å²) in [6.45, 7) is 1.95. The van der Waals surface area contributed by atoms with Crippen molar-refractivity contribution in [2.75, 3.05) is 4.90 Å². The molecule has 1 N–H and O–H groups in total. The molecule has 0 aliphatic carbocycles. The zero-order valence-corrected chi connectivity index (χ0v) is 12.5. The Morgan fingerprint density at radius 2 is 2.33 bits per heavy atom. The van der Waals surface area contributed by atoms with Gasteiger partial charge in [0.25, 0.3) is 0 Å². The molecule has 0 spiro atoms. The molecular weight excluding hydrogens is 314 g/mol. The minimum Gasteiger partial charge on any atom is -0.467 e. The molecule has 1 amide bonds. The van der Waals surface area contributed by atoms with E-state index in [0.717, 1.165) is 10.5 Å². The van der Waals surface area contributed by atoms with Gasteiger partial charge in [0.05, 0.1) is 23.0 Å². The van der Waals surface area contributed by atoms with Crippen LogP contribution in [0.5, 0.6) is 0 Å². The second-order valence-electron chi connectivity index (χ2n) is 4.36. The van der Waals surface area contributed by atoms with E-state index in [2.05, 4.69) is 9.97 Å². The highest BCUT2D eigenvalue weighted by Gasteiger charge is 2.23. The molecule has 3 rings (SSSR count). The lowest BCUT2D eigenvalue weighted by atomic mass is 10.3. The van der Waals surface area contributed by atoms with Crippen molar-refractivity contribution in [3.63, 3.8) is 0 Å². The summed E-state index contributed by atoms with van der Waals surface area (Å²) < 4.78 is 5.89. The third-order valence-corrected chi connectivity index (χ3v) is 4.18. The Hall–Kier alpha value is -2.12. The quantitative estimate of drug-likeness (QED) is 0.739. The molecule has 3 aromatic heterocycles. The maximum atomic E-state index is 11.6. The van der Waals surface area contributed by atoms with Gasteiger partial charge >= 0.3 is 6.09 Å². The van der Waals surface area contributed by atoms with E-state index < -0.39 is 6.09 Å². The molecule has 0 radical (unpaired) electrons. The smallest absolute Gasteiger partial charge is 0.413 e. The van der Waals surface area contributed by atoms with E-state index in [4.69, 9.17) is 16.0 Å². The van der Waals surface area contributed by atoms with Crippen LogP contribution in [-0.4, -0.2) is 21.2 Å². The summed E-state index contributed by atoms with van der Waals surface area (Å²) >= 11 is 7.31. The Bertz CT molecular complexity index is 800. The maximum absolute atomic E-state index is 11.6. The number of hydrogen-bond acceptors (Lipinski definition) is 5. The minimum atomic E-state index is -1.13. The van der Waals surface area contributed by atoms with Crippen molar-refractivity contribution in [2.45, 2.75) is 13.5 Å². The second kappa shape index (κ2) is 5.34. The van der Waals surface area contributed by atoms with E-state index in [1.807, 2.05) is 12.3 Å². The number of amides is 1. The monoisotopic (exact) mass is 323 g/mol. The number of hydrogen-bond donors (Lipinski definition) is 1. The number of nitrogens with zero attached hydrogens (tertiary/aromatic N) is 3. The minimum absolute atomic E-state index is 0.0182. The lowest BCUT2D eigenvalue weighted by molar-refractivity contribution is 0.200. The highest BCUT2D eigenvalue weighted by Crippen LogP contribution is 2.33. The fourth-order valence-corrected chi connectivity index (χ4v) is 3.12. The molecule has 3 heterocycles. The molecule has 0 aromatic carbocycles. The lowest BCUT2D eigenvalue weighted by Crippen LogP contribution is -2.29. The Morgan fingerprint density at radius 3 is 3.00 bits per heavy atom. The van der Waals surface area contributed by atoms with Crippen LogP contribution in [0.3, 0.4) is 0 Å². The van der Waals surface area contributed by atoms with Crippen LogP contribution < -0.4 is 4.90 Å². The van der Waals surface area contributed by atoms with Gasteiger partial charge in [0.15, 0.2) is 5.82 Å². The highest BCUT2D eigenvalue weighted by atomic mass is 35.5. The van der Waals surface area contributed by atoms with Crippen LogP contribution in [0.15, 0.2) is 28.2 Å². The first-order chi connectivity index (χ1) is 10.1. The molecule has 0 aliphatic heterocycles. The molecule has 21 heavy (non-hydrogen) atoms. The van der Waals surface area contributed by atoms with Crippen LogP contribution in [0.25, 0.3) is 10.2 Å². The van der Waals surface area contributed by atoms with Gasteiger partial charge in [0.1, 0.15) is 5.76 Å². The number of aromatic nitrogens is 2. The number of anilines is 1. The summed E-state index contributed by atoms with van der Waals surface area (Å²) in [5, 5.41) is 11.4. The van der Waals surface area contributed by atoms with Crippen molar-refractivity contribution in [1.82, 2.24) is 9.97 Å². The standard InChI is InChI=1S/C13H10ClN3O3S/c1-7-6-21-10-9(7)15-12(14)16-11(10)17(13(18)19)5-8-3-2-4-20-8/h2-4,6H,5H2,1H3,(H,18,19). The number of rotatable bonds is 3. The molecule has 3 aromatic rings. The molecule has 0 unspecified atom stereocenters. The molecular formula is C13H10ClN3O3S. The Labute approximate surface area is 128 Å². The lowest BCUT2D eigenvalue weighted by Gasteiger charge is -2.17. The van der Waals surface area contributed by atoms with E-state index in [-0.39, 0.29) is 17.6 Å². The van der Waals surface area contributed by atoms with Crippen molar-refractivity contribution < 1.29 is 14.3 Å². The van der Waals surface area contributed by atoms with Crippen LogP contribution in [-0.2, 0) is 6.54 Å². The molecule has 8 heteroatoms. The number of halogens is 1. The van der Waals surface area contributed by atoms with Crippen molar-refractivity contribution >= 4 is 45.1 Å². The number of carboxylic acid groups (broad SMARTS) is 1. The number of thiophene rings is 1. The normalized spacial score (nSPS) is 11.0. The SMILES string of the molecule is Cc1csc2c(N(Cc3ccco3)C(=O)O)nc(Cl)nc12. The molecule has 0 fully saturated rings. The molecule has 108 valence electrons. The molecule has 0 saturated heterocycles. The number of fused-ring (bicyclic) bond motifs is 1. The van der Waals surface area contributed by atoms with Gasteiger partial charge < -0.3 is 9.52 Å². The fourth-order valence-electron chi connectivity index (χ4n) is 1.97. The van der Waals surface area contributed by atoms with E-state index in [0.29, 0.717) is 16.0 Å². The highest BCUT2D eigenvalue weighted by molar-refractivity contribution is 7.18. The topological polar surface area (TPSA) is 79.5 Å². The fraction of sp³-hybridized carbons (Fsp3) is 0.154. The van der Waals surface area contributed by atoms with Gasteiger partial charge in [-0.25, -0.2) is 9.78 Å². The predicted octanol–water partition coefficient (Wildman–Crippen LogP) is 3.93. The van der Waals surface area contributed by atoms with Gasteiger partial charge in [-0.1, -0.05) is 0 Å². The van der Waals surface area contributed by atoms with Crippen LogP contribution >= 0.6 is 22.9 Å². The van der Waals surface area contributed by atoms with E-state index >= 15 is 0 Å².